The number of nitrogens with one attached hydrogen (secondary N) is 2. The number of carboxylic acid groups (broad SMARTS) is 2. The first kappa shape index (κ1) is 23.9. The fraction of sp³-hybridized carbons (Fsp3) is 0.417. The van der Waals surface area contributed by atoms with Gasteiger partial charge in [-0.05, 0) is 54.8 Å². The van der Waals surface area contributed by atoms with E-state index in [1.165, 1.54) is 22.3 Å². The zero-order chi connectivity index (χ0) is 23.1. The second-order valence-electron chi connectivity index (χ2n) is 8.04. The Hall–Kier alpha value is -2.77. The summed E-state index contributed by atoms with van der Waals surface area (Å²) < 4.78 is 5.77. The topological polar surface area (TPSA) is 108 Å². The third kappa shape index (κ3) is 6.37. The molecule has 2 aliphatic rings. The third-order valence-electron chi connectivity index (χ3n) is 5.60. The van der Waals surface area contributed by atoms with Crippen LogP contribution in [0.15, 0.2) is 30.3 Å². The van der Waals surface area contributed by atoms with Gasteiger partial charge in [0, 0.05) is 18.0 Å². The molecule has 0 spiro atoms. The quantitative estimate of drug-likeness (QED) is 0.514. The number of anilines is 1. The van der Waals surface area contributed by atoms with E-state index in [0.29, 0.717) is 5.92 Å². The van der Waals surface area contributed by atoms with Crippen LogP contribution in [0.3, 0.4) is 0 Å². The number of hydrogen-bond acceptors (Lipinski definition) is 5. The van der Waals surface area contributed by atoms with E-state index in [0.717, 1.165) is 55.5 Å². The van der Waals surface area contributed by atoms with Crippen molar-refractivity contribution in [2.24, 2.45) is 0 Å². The molecule has 0 fully saturated rings. The Bertz CT molecular complexity index is 965. The lowest BCUT2D eigenvalue weighted by Crippen LogP contribution is -2.16. The third-order valence-corrected chi connectivity index (χ3v) is 5.92. The first-order valence-electron chi connectivity index (χ1n) is 10.8. The molecule has 4 rings (SSSR count). The largest absolute Gasteiger partial charge is 0.493 e. The molecular weight excluding hydrogens is 432 g/mol. The minimum absolute atomic E-state index is 0.296. The Morgan fingerprint density at radius 2 is 1.84 bits per heavy atom. The van der Waals surface area contributed by atoms with Gasteiger partial charge in [0.05, 0.1) is 30.2 Å². The second kappa shape index (κ2) is 11.2. The van der Waals surface area contributed by atoms with Gasteiger partial charge in [-0.1, -0.05) is 36.7 Å². The predicted molar refractivity (Wildman–Crippen MR) is 124 cm³/mol. The Morgan fingerprint density at radius 3 is 2.56 bits per heavy atom. The van der Waals surface area contributed by atoms with E-state index >= 15 is 0 Å². The van der Waals surface area contributed by atoms with Gasteiger partial charge in [-0.15, -0.1) is 0 Å². The Labute approximate surface area is 192 Å². The van der Waals surface area contributed by atoms with Gasteiger partial charge in [0.2, 0.25) is 0 Å². The first-order valence-corrected chi connectivity index (χ1v) is 11.2. The zero-order valence-electron chi connectivity index (χ0n) is 18.1. The molecule has 2 aromatic rings. The number of aliphatic carboxylic acids is 2. The van der Waals surface area contributed by atoms with E-state index < -0.39 is 11.9 Å². The molecule has 2 aromatic carbocycles. The summed E-state index contributed by atoms with van der Waals surface area (Å²) in [4.78, 5) is 19.3. The molecule has 0 saturated carbocycles. The summed E-state index contributed by atoms with van der Waals surface area (Å²) in [7, 11) is 0. The van der Waals surface area contributed by atoms with E-state index in [4.69, 9.17) is 26.6 Å². The lowest BCUT2D eigenvalue weighted by molar-refractivity contribution is -0.143. The second-order valence-corrected chi connectivity index (χ2v) is 8.44. The summed E-state index contributed by atoms with van der Waals surface area (Å²) >= 11 is 6.49. The standard InChI is InChI=1S/C20H23ClN2O.C4H6O4/c1-13-12-24-19-10-14(2-4-16(13)19)11-23-20-17-7-9-22-8-6-15(17)3-5-18(20)21;5-3(6)1-2-4(7)8/h2-5,10,13,22-23H,6-9,11-12H2,1H3;1-2H2,(H,5,6)(H,7,8). The normalized spacial score (nSPS) is 16.5. The number of ether oxygens (including phenoxy) is 1. The molecule has 0 amide bonds. The number of halogens is 1. The molecule has 172 valence electrons. The summed E-state index contributed by atoms with van der Waals surface area (Å²) in [6, 6.07) is 10.7. The summed E-state index contributed by atoms with van der Waals surface area (Å²) in [6.07, 6.45) is 1.49. The molecule has 0 saturated heterocycles. The Morgan fingerprint density at radius 1 is 1.12 bits per heavy atom. The van der Waals surface area contributed by atoms with Crippen LogP contribution in [0, 0.1) is 0 Å². The number of carbonyl (C=O) groups is 2. The maximum atomic E-state index is 9.64. The Balaban J connectivity index is 0.000000312. The predicted octanol–water partition coefficient (Wildman–Crippen LogP) is 4.07. The summed E-state index contributed by atoms with van der Waals surface area (Å²) in [6.45, 7) is 5.80. The van der Waals surface area contributed by atoms with Crippen molar-refractivity contribution in [1.82, 2.24) is 5.32 Å². The van der Waals surface area contributed by atoms with Gasteiger partial charge in [0.1, 0.15) is 5.75 Å². The van der Waals surface area contributed by atoms with E-state index in [1.807, 2.05) is 6.07 Å². The number of hydrogen-bond donors (Lipinski definition) is 4. The molecule has 1 unspecified atom stereocenters. The molecule has 32 heavy (non-hydrogen) atoms. The van der Waals surface area contributed by atoms with Gasteiger partial charge >= 0.3 is 11.9 Å². The smallest absolute Gasteiger partial charge is 0.303 e. The van der Waals surface area contributed by atoms with Gasteiger partial charge in [-0.25, -0.2) is 0 Å². The molecule has 0 aromatic heterocycles. The molecule has 0 radical (unpaired) electrons. The number of carboxylic acids is 2. The summed E-state index contributed by atoms with van der Waals surface area (Å²) in [5.74, 6) is -0.627. The molecule has 2 heterocycles. The van der Waals surface area contributed by atoms with Crippen molar-refractivity contribution in [3.05, 3.63) is 57.6 Å². The monoisotopic (exact) mass is 460 g/mol. The molecule has 2 aliphatic heterocycles. The van der Waals surface area contributed by atoms with Crippen molar-refractivity contribution >= 4 is 29.2 Å². The van der Waals surface area contributed by atoms with Crippen LogP contribution >= 0.6 is 11.6 Å². The lowest BCUT2D eigenvalue weighted by Gasteiger charge is -2.16. The van der Waals surface area contributed by atoms with Crippen LogP contribution in [0.25, 0.3) is 0 Å². The maximum Gasteiger partial charge on any atom is 0.303 e. The minimum Gasteiger partial charge on any atom is -0.493 e. The van der Waals surface area contributed by atoms with Crippen LogP contribution in [0.4, 0.5) is 5.69 Å². The molecule has 1 atom stereocenters. The fourth-order valence-corrected chi connectivity index (χ4v) is 4.11. The SMILES string of the molecule is CC1COc2cc(CNc3c(Cl)ccc4c3CCNCC4)ccc21.O=C(O)CCC(=O)O. The van der Waals surface area contributed by atoms with Gasteiger partial charge in [0.15, 0.2) is 0 Å². The molecule has 8 heteroatoms. The molecule has 4 N–H and O–H groups in total. The highest BCUT2D eigenvalue weighted by Gasteiger charge is 2.20. The van der Waals surface area contributed by atoms with Crippen LogP contribution in [-0.4, -0.2) is 41.8 Å². The van der Waals surface area contributed by atoms with Gasteiger partial charge in [0.25, 0.3) is 0 Å². The van der Waals surface area contributed by atoms with Crippen LogP contribution in [0.1, 0.15) is 47.9 Å². The summed E-state index contributed by atoms with van der Waals surface area (Å²) in [5.41, 5.74) is 6.39. The minimum atomic E-state index is -1.08. The van der Waals surface area contributed by atoms with E-state index in [9.17, 15) is 9.59 Å². The molecule has 0 aliphatic carbocycles. The average Bonchev–Trinajstić information content (AvgIpc) is 2.96. The van der Waals surface area contributed by atoms with Gasteiger partial charge < -0.3 is 25.6 Å². The number of fused-ring (bicyclic) bond motifs is 2. The lowest BCUT2D eigenvalue weighted by atomic mass is 10.00. The van der Waals surface area contributed by atoms with Gasteiger partial charge in [-0.2, -0.15) is 0 Å². The van der Waals surface area contributed by atoms with Crippen molar-refractivity contribution in [3.63, 3.8) is 0 Å². The maximum absolute atomic E-state index is 9.64. The van der Waals surface area contributed by atoms with Crippen molar-refractivity contribution in [2.45, 2.75) is 45.1 Å². The van der Waals surface area contributed by atoms with Gasteiger partial charge in [-0.3, -0.25) is 9.59 Å². The fourth-order valence-electron chi connectivity index (χ4n) is 3.86. The van der Waals surface area contributed by atoms with Crippen molar-refractivity contribution < 1.29 is 24.5 Å². The summed E-state index contributed by atoms with van der Waals surface area (Å²) in [5, 5.41) is 23.6. The molecule has 7 nitrogen and oxygen atoms in total. The van der Waals surface area contributed by atoms with E-state index in [1.54, 1.807) is 0 Å². The highest BCUT2D eigenvalue weighted by Crippen LogP contribution is 2.35. The van der Waals surface area contributed by atoms with Crippen LogP contribution in [0.2, 0.25) is 5.02 Å². The van der Waals surface area contributed by atoms with Crippen LogP contribution in [-0.2, 0) is 29.0 Å². The van der Waals surface area contributed by atoms with E-state index in [2.05, 4.69) is 41.8 Å². The van der Waals surface area contributed by atoms with Crippen LogP contribution in [0.5, 0.6) is 5.75 Å². The highest BCUT2D eigenvalue weighted by atomic mass is 35.5. The van der Waals surface area contributed by atoms with Crippen LogP contribution < -0.4 is 15.4 Å². The number of benzene rings is 2. The molecular formula is C24H29ClN2O5. The van der Waals surface area contributed by atoms with Crippen molar-refractivity contribution in [2.75, 3.05) is 25.0 Å². The molecule has 0 bridgehead atoms. The average molecular weight is 461 g/mol. The number of rotatable bonds is 6. The first-order chi connectivity index (χ1) is 15.3. The van der Waals surface area contributed by atoms with Crippen molar-refractivity contribution in [1.29, 1.82) is 0 Å². The van der Waals surface area contributed by atoms with E-state index in [-0.39, 0.29) is 12.8 Å². The highest BCUT2D eigenvalue weighted by molar-refractivity contribution is 6.33. The Kier molecular flexibility index (Phi) is 8.36. The van der Waals surface area contributed by atoms with Crippen molar-refractivity contribution in [3.8, 4) is 5.75 Å². The zero-order valence-corrected chi connectivity index (χ0v) is 18.9.